The molecule has 0 spiro atoms. The largest absolute Gasteiger partial charge is 0.475 e. The minimum Gasteiger partial charge on any atom is -0.475 e. The van der Waals surface area contributed by atoms with Gasteiger partial charge in [0.25, 0.3) is 0 Å². The predicted molar refractivity (Wildman–Crippen MR) is 102 cm³/mol. The van der Waals surface area contributed by atoms with Crippen LogP contribution in [0.25, 0.3) is 0 Å². The van der Waals surface area contributed by atoms with E-state index >= 15 is 0 Å². The van der Waals surface area contributed by atoms with E-state index in [0.29, 0.717) is 22.8 Å². The maximum Gasteiger partial charge on any atom is 0.214 e. The molecule has 0 aromatic carbocycles. The summed E-state index contributed by atoms with van der Waals surface area (Å²) in [5, 5.41) is 8.58. The van der Waals surface area contributed by atoms with Crippen LogP contribution in [0.15, 0.2) is 30.6 Å². The van der Waals surface area contributed by atoms with E-state index in [0.717, 1.165) is 24.5 Å². The molecular formula is C19H25N5O2. The molecular weight excluding hydrogens is 330 g/mol. The van der Waals surface area contributed by atoms with Gasteiger partial charge >= 0.3 is 0 Å². The van der Waals surface area contributed by atoms with Gasteiger partial charge in [0.2, 0.25) is 5.88 Å². The Bertz CT molecular complexity index is 815. The molecule has 7 nitrogen and oxygen atoms in total. The normalized spacial score (nSPS) is 15.7. The minimum absolute atomic E-state index is 0.00203. The van der Waals surface area contributed by atoms with Gasteiger partial charge in [0.05, 0.1) is 29.3 Å². The number of nitrogens with zero attached hydrogens (tertiary/aromatic N) is 3. The van der Waals surface area contributed by atoms with Crippen molar-refractivity contribution in [3.05, 3.63) is 41.7 Å². The molecule has 1 saturated heterocycles. The monoisotopic (exact) mass is 355 g/mol. The van der Waals surface area contributed by atoms with Gasteiger partial charge in [0, 0.05) is 43.6 Å². The fraction of sp³-hybridized carbons (Fsp3) is 0.421. The number of anilines is 2. The first kappa shape index (κ1) is 18.1. The second-order valence-electron chi connectivity index (χ2n) is 7.06. The van der Waals surface area contributed by atoms with Crippen LogP contribution in [0.1, 0.15) is 31.9 Å². The van der Waals surface area contributed by atoms with Crippen LogP contribution in [-0.4, -0.2) is 47.6 Å². The number of hydrogen-bond donors (Lipinski definition) is 2. The molecule has 0 saturated carbocycles. The molecule has 7 heteroatoms. The highest BCUT2D eigenvalue weighted by Crippen LogP contribution is 2.29. The third kappa shape index (κ3) is 3.62. The van der Waals surface area contributed by atoms with Gasteiger partial charge in [-0.05, 0) is 32.9 Å². The molecule has 3 rings (SSSR count). The lowest BCUT2D eigenvalue weighted by Gasteiger charge is -2.47. The minimum atomic E-state index is -0.135. The van der Waals surface area contributed by atoms with E-state index in [1.54, 1.807) is 19.4 Å². The molecule has 2 aromatic rings. The second-order valence-corrected chi connectivity index (χ2v) is 7.06. The zero-order valence-electron chi connectivity index (χ0n) is 15.6. The highest BCUT2D eigenvalue weighted by atomic mass is 16.5. The summed E-state index contributed by atoms with van der Waals surface area (Å²) in [4.78, 5) is 10.7. The number of pyridine rings is 2. The van der Waals surface area contributed by atoms with Crippen molar-refractivity contribution in [2.45, 2.75) is 32.5 Å². The number of nitrogen functional groups attached to an aromatic ring is 1. The Kier molecular flexibility index (Phi) is 4.82. The summed E-state index contributed by atoms with van der Waals surface area (Å²) in [5.41, 5.74) is 8.01. The summed E-state index contributed by atoms with van der Waals surface area (Å²) in [7, 11) is 1.72. The molecule has 1 aliphatic rings. The van der Waals surface area contributed by atoms with E-state index in [2.05, 4.69) is 21.8 Å². The number of hydrogen-bond acceptors (Lipinski definition) is 7. The zero-order chi connectivity index (χ0) is 18.9. The Morgan fingerprint density at radius 2 is 2.04 bits per heavy atom. The summed E-state index contributed by atoms with van der Waals surface area (Å²) in [5.74, 6) is 1.29. The van der Waals surface area contributed by atoms with Crippen LogP contribution < -0.4 is 15.4 Å². The van der Waals surface area contributed by atoms with Crippen LogP contribution in [0, 0.1) is 5.41 Å². The smallest absolute Gasteiger partial charge is 0.214 e. The summed E-state index contributed by atoms with van der Waals surface area (Å²) >= 11 is 0. The first-order chi connectivity index (χ1) is 12.3. The van der Waals surface area contributed by atoms with E-state index in [1.165, 1.54) is 6.20 Å². The fourth-order valence-electron chi connectivity index (χ4n) is 2.92. The molecule has 0 atom stereocenters. The molecule has 1 fully saturated rings. The van der Waals surface area contributed by atoms with Gasteiger partial charge in [-0.3, -0.25) is 5.41 Å². The van der Waals surface area contributed by atoms with Crippen LogP contribution in [-0.2, 0) is 4.74 Å². The average molecular weight is 355 g/mol. The predicted octanol–water partition coefficient (Wildman–Crippen LogP) is 2.49. The molecule has 3 N–H and O–H groups in total. The van der Waals surface area contributed by atoms with E-state index in [9.17, 15) is 0 Å². The molecule has 1 aliphatic heterocycles. The van der Waals surface area contributed by atoms with E-state index in [-0.39, 0.29) is 11.7 Å². The van der Waals surface area contributed by atoms with Crippen LogP contribution in [0.3, 0.4) is 0 Å². The van der Waals surface area contributed by atoms with Crippen molar-refractivity contribution in [3.63, 3.8) is 0 Å². The molecule has 3 heterocycles. The number of aromatic nitrogens is 2. The van der Waals surface area contributed by atoms with Gasteiger partial charge in [-0.2, -0.15) is 0 Å². The van der Waals surface area contributed by atoms with Gasteiger partial charge in [0.15, 0.2) is 0 Å². The molecule has 0 radical (unpaired) electrons. The van der Waals surface area contributed by atoms with Crippen molar-refractivity contribution in [2.24, 2.45) is 0 Å². The first-order valence-electron chi connectivity index (χ1n) is 8.59. The number of rotatable bonds is 6. The van der Waals surface area contributed by atoms with Crippen molar-refractivity contribution in [1.29, 1.82) is 5.41 Å². The van der Waals surface area contributed by atoms with Crippen molar-refractivity contribution in [1.82, 2.24) is 9.97 Å². The lowest BCUT2D eigenvalue weighted by atomic mass is 9.96. The van der Waals surface area contributed by atoms with E-state index in [1.807, 2.05) is 26.0 Å². The lowest BCUT2D eigenvalue weighted by Crippen LogP contribution is -2.61. The third-order valence-corrected chi connectivity index (χ3v) is 4.44. The topological polar surface area (TPSA) is 97.3 Å². The van der Waals surface area contributed by atoms with Crippen molar-refractivity contribution >= 4 is 17.2 Å². The first-order valence-corrected chi connectivity index (χ1v) is 8.59. The maximum atomic E-state index is 8.58. The van der Waals surface area contributed by atoms with Crippen LogP contribution in [0.4, 0.5) is 11.5 Å². The van der Waals surface area contributed by atoms with Gasteiger partial charge in [-0.25, -0.2) is 9.97 Å². The summed E-state index contributed by atoms with van der Waals surface area (Å²) in [6.45, 7) is 7.48. The summed E-state index contributed by atoms with van der Waals surface area (Å²) in [6, 6.07) is 5.42. The van der Waals surface area contributed by atoms with Gasteiger partial charge < -0.3 is 20.1 Å². The third-order valence-electron chi connectivity index (χ3n) is 4.44. The second kappa shape index (κ2) is 6.92. The number of nitrogens with two attached hydrogens (primary N) is 1. The van der Waals surface area contributed by atoms with E-state index in [4.69, 9.17) is 20.6 Å². The van der Waals surface area contributed by atoms with Gasteiger partial charge in [-0.15, -0.1) is 0 Å². The summed E-state index contributed by atoms with van der Waals surface area (Å²) in [6.07, 6.45) is 3.25. The fourth-order valence-corrected chi connectivity index (χ4v) is 2.92. The van der Waals surface area contributed by atoms with Gasteiger partial charge in [0.1, 0.15) is 5.82 Å². The molecule has 0 unspecified atom stereocenters. The van der Waals surface area contributed by atoms with Crippen molar-refractivity contribution in [2.75, 3.05) is 30.8 Å². The zero-order valence-corrected chi connectivity index (χ0v) is 15.6. The maximum absolute atomic E-state index is 8.58. The Hall–Kier alpha value is -2.67. The molecule has 138 valence electrons. The molecule has 0 amide bonds. The lowest BCUT2D eigenvalue weighted by molar-refractivity contribution is -0.0171. The molecule has 0 bridgehead atoms. The Morgan fingerprint density at radius 3 is 2.69 bits per heavy atom. The van der Waals surface area contributed by atoms with Crippen LogP contribution in [0.2, 0.25) is 0 Å². The number of ether oxygens (including phenoxy) is 2. The SMILES string of the molecule is COC1(C)CN(c2cc(C(=N)c3cc(OC(C)C)ncc3N)ccn2)C1. The van der Waals surface area contributed by atoms with Crippen LogP contribution in [0.5, 0.6) is 5.88 Å². The molecule has 0 aliphatic carbocycles. The average Bonchev–Trinajstić information content (AvgIpc) is 2.59. The Balaban J connectivity index is 1.84. The summed E-state index contributed by atoms with van der Waals surface area (Å²) < 4.78 is 11.1. The van der Waals surface area contributed by atoms with Gasteiger partial charge in [-0.1, -0.05) is 0 Å². The highest BCUT2D eigenvalue weighted by molar-refractivity contribution is 6.14. The quantitative estimate of drug-likeness (QED) is 0.773. The Morgan fingerprint density at radius 1 is 1.31 bits per heavy atom. The number of methoxy groups -OCH3 is 1. The number of nitrogens with one attached hydrogen (secondary N) is 1. The highest BCUT2D eigenvalue weighted by Gasteiger charge is 2.39. The van der Waals surface area contributed by atoms with Crippen LogP contribution >= 0.6 is 0 Å². The van der Waals surface area contributed by atoms with Crippen molar-refractivity contribution < 1.29 is 9.47 Å². The Labute approximate surface area is 153 Å². The van der Waals surface area contributed by atoms with E-state index < -0.39 is 0 Å². The molecule has 26 heavy (non-hydrogen) atoms. The molecule has 2 aromatic heterocycles. The standard InChI is InChI=1S/C19H25N5O2/c1-12(2)26-17-8-14(15(20)9-23-17)18(21)13-5-6-22-16(7-13)24-10-19(3,11-24)25-4/h5-9,12,21H,10-11,20H2,1-4H3. The van der Waals surface area contributed by atoms with Crippen molar-refractivity contribution in [3.8, 4) is 5.88 Å².